The minimum atomic E-state index is -0.330. The first-order chi connectivity index (χ1) is 9.24. The first-order valence-corrected chi connectivity index (χ1v) is 5.68. The van der Waals surface area contributed by atoms with Gasteiger partial charge >= 0.3 is 5.97 Å². The van der Waals surface area contributed by atoms with Gasteiger partial charge in [-0.1, -0.05) is 12.1 Å². The smallest absolute Gasteiger partial charge is 0.308 e. The Morgan fingerprint density at radius 2 is 2.26 bits per heavy atom. The van der Waals surface area contributed by atoms with Crippen molar-refractivity contribution in [2.75, 3.05) is 14.2 Å². The highest BCUT2D eigenvalue weighted by molar-refractivity contribution is 5.70. The second-order valence-electron chi connectivity index (χ2n) is 3.86. The number of hydrogen-bond acceptors (Lipinski definition) is 6. The average molecular weight is 262 g/mol. The number of carbonyl (C=O) groups excluding carboxylic acids is 1. The van der Waals surface area contributed by atoms with Gasteiger partial charge in [-0.25, -0.2) is 4.68 Å². The van der Waals surface area contributed by atoms with Crippen molar-refractivity contribution < 1.29 is 14.3 Å². The van der Waals surface area contributed by atoms with Gasteiger partial charge in [0, 0.05) is 0 Å². The number of rotatable bonds is 5. The third kappa shape index (κ3) is 3.06. The molecule has 100 valence electrons. The van der Waals surface area contributed by atoms with Gasteiger partial charge in [0.25, 0.3) is 0 Å². The summed E-state index contributed by atoms with van der Waals surface area (Å²) in [6, 6.07) is 7.09. The lowest BCUT2D eigenvalue weighted by molar-refractivity contribution is -0.141. The molecule has 0 N–H and O–H groups in total. The lowest BCUT2D eigenvalue weighted by Crippen LogP contribution is -2.17. The molecule has 0 radical (unpaired) electrons. The fourth-order valence-electron chi connectivity index (χ4n) is 1.77. The van der Waals surface area contributed by atoms with E-state index in [1.807, 2.05) is 24.3 Å². The standard InChI is InChI=1S/C12H14N4O3/c1-18-10-5-3-4-9(6-10)11(7-12(17)19-2)16-8-13-14-15-16/h3-6,8,11H,7H2,1-2H3. The first-order valence-electron chi connectivity index (χ1n) is 5.68. The molecule has 0 fully saturated rings. The van der Waals surface area contributed by atoms with Crippen LogP contribution in [0, 0.1) is 0 Å². The molecule has 0 saturated heterocycles. The second kappa shape index (κ2) is 5.94. The quantitative estimate of drug-likeness (QED) is 0.743. The molecule has 0 bridgehead atoms. The molecule has 19 heavy (non-hydrogen) atoms. The summed E-state index contributed by atoms with van der Waals surface area (Å²) >= 11 is 0. The third-order valence-corrected chi connectivity index (χ3v) is 2.75. The SMILES string of the molecule is COC(=O)CC(c1cccc(OC)c1)n1cnnn1. The van der Waals surface area contributed by atoms with Gasteiger partial charge in [-0.3, -0.25) is 4.79 Å². The van der Waals surface area contributed by atoms with Gasteiger partial charge in [0.15, 0.2) is 0 Å². The van der Waals surface area contributed by atoms with Crippen molar-refractivity contribution in [1.29, 1.82) is 0 Å². The third-order valence-electron chi connectivity index (χ3n) is 2.75. The van der Waals surface area contributed by atoms with Crippen LogP contribution >= 0.6 is 0 Å². The van der Waals surface area contributed by atoms with Crippen molar-refractivity contribution in [3.8, 4) is 5.75 Å². The molecule has 1 heterocycles. The first kappa shape index (κ1) is 13.0. The Kier molecular flexibility index (Phi) is 4.07. The van der Waals surface area contributed by atoms with Crippen LogP contribution in [0.25, 0.3) is 0 Å². The van der Waals surface area contributed by atoms with Crippen molar-refractivity contribution in [2.24, 2.45) is 0 Å². The molecule has 0 amide bonds. The Balaban J connectivity index is 2.33. The van der Waals surface area contributed by atoms with Crippen molar-refractivity contribution in [3.05, 3.63) is 36.2 Å². The number of aromatic nitrogens is 4. The summed E-state index contributed by atoms with van der Waals surface area (Å²) in [5.74, 6) is 0.378. The highest BCUT2D eigenvalue weighted by Gasteiger charge is 2.20. The van der Waals surface area contributed by atoms with Gasteiger partial charge < -0.3 is 9.47 Å². The topological polar surface area (TPSA) is 79.1 Å². The normalized spacial score (nSPS) is 11.9. The fraction of sp³-hybridized carbons (Fsp3) is 0.333. The molecule has 2 rings (SSSR count). The summed E-state index contributed by atoms with van der Waals surface area (Å²) in [7, 11) is 2.94. The van der Waals surface area contributed by atoms with Crippen LogP contribution < -0.4 is 4.74 Å². The zero-order valence-corrected chi connectivity index (χ0v) is 10.7. The maximum absolute atomic E-state index is 11.5. The van der Waals surface area contributed by atoms with E-state index < -0.39 is 0 Å². The minimum Gasteiger partial charge on any atom is -0.497 e. The Morgan fingerprint density at radius 3 is 2.89 bits per heavy atom. The van der Waals surface area contributed by atoms with E-state index >= 15 is 0 Å². The summed E-state index contributed by atoms with van der Waals surface area (Å²) < 4.78 is 11.4. The summed E-state index contributed by atoms with van der Waals surface area (Å²) in [6.07, 6.45) is 1.61. The van der Waals surface area contributed by atoms with Crippen molar-refractivity contribution in [1.82, 2.24) is 20.2 Å². The monoisotopic (exact) mass is 262 g/mol. The highest BCUT2D eigenvalue weighted by atomic mass is 16.5. The van der Waals surface area contributed by atoms with Crippen LogP contribution in [-0.2, 0) is 9.53 Å². The van der Waals surface area contributed by atoms with Gasteiger partial charge in [-0.05, 0) is 28.1 Å². The van der Waals surface area contributed by atoms with Gasteiger partial charge in [0.2, 0.25) is 0 Å². The Hall–Kier alpha value is -2.44. The van der Waals surface area contributed by atoms with E-state index in [0.717, 1.165) is 5.56 Å². The molecule has 0 aliphatic rings. The molecule has 1 aromatic heterocycles. The van der Waals surface area contributed by atoms with Gasteiger partial charge in [-0.15, -0.1) is 5.10 Å². The van der Waals surface area contributed by atoms with Crippen LogP contribution in [0.5, 0.6) is 5.75 Å². The van der Waals surface area contributed by atoms with E-state index in [-0.39, 0.29) is 18.4 Å². The molecule has 1 aromatic carbocycles. The van der Waals surface area contributed by atoms with Gasteiger partial charge in [0.1, 0.15) is 12.1 Å². The predicted octanol–water partition coefficient (Wildman–Crippen LogP) is 0.834. The van der Waals surface area contributed by atoms with E-state index in [1.165, 1.54) is 18.1 Å². The molecular weight excluding hydrogens is 248 g/mol. The van der Waals surface area contributed by atoms with E-state index in [2.05, 4.69) is 15.5 Å². The van der Waals surface area contributed by atoms with E-state index in [1.54, 1.807) is 7.11 Å². The fourth-order valence-corrected chi connectivity index (χ4v) is 1.77. The van der Waals surface area contributed by atoms with E-state index in [9.17, 15) is 4.79 Å². The summed E-state index contributed by atoms with van der Waals surface area (Å²) in [5, 5.41) is 11.0. The molecule has 1 unspecified atom stereocenters. The summed E-state index contributed by atoms with van der Waals surface area (Å²) in [5.41, 5.74) is 0.872. The van der Waals surface area contributed by atoms with E-state index in [0.29, 0.717) is 5.75 Å². The lowest BCUT2D eigenvalue weighted by atomic mass is 10.0. The van der Waals surface area contributed by atoms with Crippen molar-refractivity contribution >= 4 is 5.97 Å². The Labute approximate surface area is 110 Å². The molecule has 0 saturated carbocycles. The molecular formula is C12H14N4O3. The molecule has 7 heteroatoms. The number of esters is 1. The van der Waals surface area contributed by atoms with Crippen LogP contribution in [0.15, 0.2) is 30.6 Å². The molecule has 0 aliphatic heterocycles. The van der Waals surface area contributed by atoms with Gasteiger partial charge in [-0.2, -0.15) is 0 Å². The maximum Gasteiger partial charge on any atom is 0.308 e. The van der Waals surface area contributed by atoms with Crippen molar-refractivity contribution in [3.63, 3.8) is 0 Å². The number of tetrazole rings is 1. The molecule has 0 aliphatic carbocycles. The molecule has 7 nitrogen and oxygen atoms in total. The van der Waals surface area contributed by atoms with Crippen LogP contribution in [0.3, 0.4) is 0 Å². The Morgan fingerprint density at radius 1 is 1.42 bits per heavy atom. The predicted molar refractivity (Wildman–Crippen MR) is 65.6 cm³/mol. The van der Waals surface area contributed by atoms with Crippen LogP contribution in [0.2, 0.25) is 0 Å². The number of carbonyl (C=O) groups is 1. The minimum absolute atomic E-state index is 0.148. The molecule has 2 aromatic rings. The zero-order valence-electron chi connectivity index (χ0n) is 10.7. The second-order valence-corrected chi connectivity index (χ2v) is 3.86. The maximum atomic E-state index is 11.5. The lowest BCUT2D eigenvalue weighted by Gasteiger charge is -2.16. The van der Waals surface area contributed by atoms with E-state index in [4.69, 9.17) is 9.47 Å². The largest absolute Gasteiger partial charge is 0.497 e. The number of hydrogen-bond donors (Lipinski definition) is 0. The Bertz CT molecular complexity index is 542. The zero-order chi connectivity index (χ0) is 13.7. The number of nitrogens with zero attached hydrogens (tertiary/aromatic N) is 4. The van der Waals surface area contributed by atoms with Crippen LogP contribution in [0.1, 0.15) is 18.0 Å². The van der Waals surface area contributed by atoms with Crippen molar-refractivity contribution in [2.45, 2.75) is 12.5 Å². The number of ether oxygens (including phenoxy) is 2. The average Bonchev–Trinajstić information content (AvgIpc) is 2.98. The molecule has 0 spiro atoms. The van der Waals surface area contributed by atoms with Crippen LogP contribution in [0.4, 0.5) is 0 Å². The van der Waals surface area contributed by atoms with Gasteiger partial charge in [0.05, 0.1) is 26.7 Å². The summed E-state index contributed by atoms with van der Waals surface area (Å²) in [4.78, 5) is 11.5. The highest BCUT2D eigenvalue weighted by Crippen LogP contribution is 2.24. The van der Waals surface area contributed by atoms with Crippen LogP contribution in [-0.4, -0.2) is 40.4 Å². The molecule has 1 atom stereocenters. The number of methoxy groups -OCH3 is 2. The summed E-state index contributed by atoms with van der Waals surface area (Å²) in [6.45, 7) is 0. The number of benzene rings is 1.